The van der Waals surface area contributed by atoms with Gasteiger partial charge in [0.2, 0.25) is 0 Å². The smallest absolute Gasteiger partial charge is 0.132 e. The van der Waals surface area contributed by atoms with Gasteiger partial charge in [-0.15, -0.1) is 0 Å². The minimum Gasteiger partial charge on any atom is -0.399 e. The fourth-order valence-corrected chi connectivity index (χ4v) is 3.70. The van der Waals surface area contributed by atoms with Crippen LogP contribution in [0.15, 0.2) is 53.8 Å². The minimum atomic E-state index is 0.274. The molecule has 0 aliphatic heterocycles. The third kappa shape index (κ3) is 5.55. The van der Waals surface area contributed by atoms with Gasteiger partial charge in [-0.05, 0) is 72.4 Å². The summed E-state index contributed by atoms with van der Waals surface area (Å²) in [6.45, 7) is 8.50. The van der Waals surface area contributed by atoms with Gasteiger partial charge in [0.1, 0.15) is 12.9 Å². The lowest BCUT2D eigenvalue weighted by atomic mass is 9.91. The second-order valence-electron chi connectivity index (χ2n) is 8.03. The Balaban J connectivity index is 1.83. The minimum absolute atomic E-state index is 0.274. The first-order chi connectivity index (χ1) is 14.9. The summed E-state index contributed by atoms with van der Waals surface area (Å²) in [6, 6.07) is 16.0. The van der Waals surface area contributed by atoms with Crippen LogP contribution in [0.25, 0.3) is 0 Å². The molecule has 0 aliphatic rings. The molecule has 0 radical (unpaired) electrons. The van der Waals surface area contributed by atoms with Crippen LogP contribution in [0, 0.1) is 31.1 Å². The topological polar surface area (TPSA) is 71.2 Å². The van der Waals surface area contributed by atoms with Gasteiger partial charge in [0, 0.05) is 30.3 Å². The Morgan fingerprint density at radius 1 is 1.06 bits per heavy atom. The molecule has 1 aromatic heterocycles. The molecule has 1 heterocycles. The summed E-state index contributed by atoms with van der Waals surface area (Å²) in [5.74, 6) is 1.06. The molecule has 0 fully saturated rings. The van der Waals surface area contributed by atoms with Crippen LogP contribution in [0.4, 0.5) is 0 Å². The summed E-state index contributed by atoms with van der Waals surface area (Å²) < 4.78 is 0. The van der Waals surface area contributed by atoms with Gasteiger partial charge in [-0.2, -0.15) is 5.26 Å². The molecule has 0 bridgehead atoms. The average molecular weight is 413 g/mol. The van der Waals surface area contributed by atoms with Gasteiger partial charge < -0.3 is 4.84 Å². The normalized spacial score (nSPS) is 11.5. The maximum absolute atomic E-state index is 8.95. The number of rotatable bonds is 7. The van der Waals surface area contributed by atoms with Crippen molar-refractivity contribution >= 4 is 5.71 Å². The van der Waals surface area contributed by atoms with E-state index in [-0.39, 0.29) is 5.92 Å². The number of hydrogen-bond acceptors (Lipinski definition) is 5. The van der Waals surface area contributed by atoms with E-state index >= 15 is 0 Å². The van der Waals surface area contributed by atoms with E-state index in [0.717, 1.165) is 34.8 Å². The highest BCUT2D eigenvalue weighted by atomic mass is 16.6. The predicted molar refractivity (Wildman–Crippen MR) is 123 cm³/mol. The van der Waals surface area contributed by atoms with Gasteiger partial charge in [-0.25, -0.2) is 9.97 Å². The Hall–Kier alpha value is -3.52. The van der Waals surface area contributed by atoms with Crippen molar-refractivity contribution in [3.8, 4) is 6.07 Å². The van der Waals surface area contributed by atoms with Gasteiger partial charge in [0.05, 0.1) is 17.3 Å². The quantitative estimate of drug-likeness (QED) is 0.397. The molecule has 5 heteroatoms. The van der Waals surface area contributed by atoms with Crippen molar-refractivity contribution in [1.29, 1.82) is 5.26 Å². The van der Waals surface area contributed by atoms with Crippen LogP contribution in [0.2, 0.25) is 0 Å². The Labute approximate surface area is 184 Å². The molecular formula is C26H28N4O. The molecule has 158 valence electrons. The lowest BCUT2D eigenvalue weighted by Crippen LogP contribution is -2.12. The van der Waals surface area contributed by atoms with Gasteiger partial charge in [0.15, 0.2) is 0 Å². The molecule has 3 rings (SSSR count). The number of nitrogens with zero attached hydrogens (tertiary/aromatic N) is 4. The molecule has 0 spiro atoms. The van der Waals surface area contributed by atoms with Crippen molar-refractivity contribution in [2.24, 2.45) is 11.1 Å². The number of aromatic nitrogens is 2. The number of benzene rings is 2. The van der Waals surface area contributed by atoms with E-state index < -0.39 is 0 Å². The highest BCUT2D eigenvalue weighted by Gasteiger charge is 2.14. The van der Waals surface area contributed by atoms with Crippen LogP contribution in [0.3, 0.4) is 0 Å². The Morgan fingerprint density at radius 3 is 2.32 bits per heavy atom. The summed E-state index contributed by atoms with van der Waals surface area (Å²) in [7, 11) is 1.58. The largest absolute Gasteiger partial charge is 0.399 e. The van der Waals surface area contributed by atoms with E-state index in [1.807, 2.05) is 36.5 Å². The molecule has 3 aromatic rings. The molecule has 0 atom stereocenters. The number of oxime groups is 1. The molecule has 0 saturated carbocycles. The summed E-state index contributed by atoms with van der Waals surface area (Å²) in [5.41, 5.74) is 8.49. The van der Waals surface area contributed by atoms with Crippen LogP contribution in [-0.2, 0) is 17.7 Å². The van der Waals surface area contributed by atoms with Gasteiger partial charge in [0.25, 0.3) is 0 Å². The first kappa shape index (κ1) is 22.2. The lowest BCUT2D eigenvalue weighted by molar-refractivity contribution is 0.212. The Morgan fingerprint density at radius 2 is 1.74 bits per heavy atom. The first-order valence-corrected chi connectivity index (χ1v) is 10.4. The van der Waals surface area contributed by atoms with E-state index in [0.29, 0.717) is 12.0 Å². The second-order valence-corrected chi connectivity index (χ2v) is 8.03. The lowest BCUT2D eigenvalue weighted by Gasteiger charge is -2.15. The first-order valence-electron chi connectivity index (χ1n) is 10.4. The highest BCUT2D eigenvalue weighted by molar-refractivity contribution is 6.02. The third-order valence-corrected chi connectivity index (χ3v) is 5.29. The number of hydrogen-bond donors (Lipinski definition) is 0. The molecule has 0 amide bonds. The van der Waals surface area contributed by atoms with Crippen molar-refractivity contribution in [2.45, 2.75) is 40.5 Å². The molecular weight excluding hydrogens is 384 g/mol. The molecule has 0 aliphatic carbocycles. The van der Waals surface area contributed by atoms with Crippen LogP contribution < -0.4 is 0 Å². The fourth-order valence-electron chi connectivity index (χ4n) is 3.70. The zero-order chi connectivity index (χ0) is 22.4. The standard InChI is InChI=1S/C26H28N4O/c1-17(2)26(30-31-5)22-12-18(3)24(19(4)13-22)15-23-10-11-28-25(29-23)14-20-6-8-21(16-27)9-7-20/h6-13,17H,14-15H2,1-5H3/b30-26-. The monoisotopic (exact) mass is 412 g/mol. The fraction of sp³-hybridized carbons (Fsp3) is 0.308. The van der Waals surface area contributed by atoms with Crippen molar-refractivity contribution < 1.29 is 4.84 Å². The predicted octanol–water partition coefficient (Wildman–Crippen LogP) is 5.15. The molecule has 0 N–H and O–H groups in total. The molecule has 31 heavy (non-hydrogen) atoms. The molecule has 0 unspecified atom stereocenters. The van der Waals surface area contributed by atoms with E-state index in [4.69, 9.17) is 15.1 Å². The zero-order valence-electron chi connectivity index (χ0n) is 18.8. The maximum Gasteiger partial charge on any atom is 0.132 e. The van der Waals surface area contributed by atoms with Crippen LogP contribution in [-0.4, -0.2) is 22.8 Å². The Kier molecular flexibility index (Phi) is 7.15. The number of nitriles is 1. The zero-order valence-corrected chi connectivity index (χ0v) is 18.8. The van der Waals surface area contributed by atoms with Gasteiger partial charge in [-0.3, -0.25) is 0 Å². The summed E-state index contributed by atoms with van der Waals surface area (Å²) in [5, 5.41) is 13.2. The van der Waals surface area contributed by atoms with Gasteiger partial charge in [-0.1, -0.05) is 31.1 Å². The van der Waals surface area contributed by atoms with E-state index in [9.17, 15) is 0 Å². The molecule has 5 nitrogen and oxygen atoms in total. The summed E-state index contributed by atoms with van der Waals surface area (Å²) in [4.78, 5) is 14.3. The van der Waals surface area contributed by atoms with E-state index in [1.165, 1.54) is 16.7 Å². The highest BCUT2D eigenvalue weighted by Crippen LogP contribution is 2.22. The van der Waals surface area contributed by atoms with E-state index in [1.54, 1.807) is 7.11 Å². The summed E-state index contributed by atoms with van der Waals surface area (Å²) in [6.07, 6.45) is 3.21. The number of aryl methyl sites for hydroxylation is 2. The SMILES string of the molecule is CO/N=C(\c1cc(C)c(Cc2ccnc(Cc3ccc(C#N)cc3)n2)c(C)c1)C(C)C. The summed E-state index contributed by atoms with van der Waals surface area (Å²) >= 11 is 0. The van der Waals surface area contributed by atoms with E-state index in [2.05, 4.69) is 56.0 Å². The van der Waals surface area contributed by atoms with Crippen molar-refractivity contribution in [3.63, 3.8) is 0 Å². The van der Waals surface area contributed by atoms with Crippen LogP contribution in [0.5, 0.6) is 0 Å². The average Bonchev–Trinajstić information content (AvgIpc) is 2.75. The maximum atomic E-state index is 8.95. The second kappa shape index (κ2) is 9.99. The Bertz CT molecular complexity index is 1100. The van der Waals surface area contributed by atoms with Gasteiger partial charge >= 0.3 is 0 Å². The third-order valence-electron chi connectivity index (χ3n) is 5.29. The van der Waals surface area contributed by atoms with Crippen molar-refractivity contribution in [2.75, 3.05) is 7.11 Å². The van der Waals surface area contributed by atoms with Crippen molar-refractivity contribution in [1.82, 2.24) is 9.97 Å². The van der Waals surface area contributed by atoms with Crippen molar-refractivity contribution in [3.05, 3.63) is 93.6 Å². The van der Waals surface area contributed by atoms with Crippen LogP contribution >= 0.6 is 0 Å². The van der Waals surface area contributed by atoms with Crippen LogP contribution in [0.1, 0.15) is 58.7 Å². The molecule has 0 saturated heterocycles. The molecule has 2 aromatic carbocycles.